The molecule has 1 aromatic carbocycles. The van der Waals surface area contributed by atoms with Gasteiger partial charge in [0.1, 0.15) is 17.2 Å². The van der Waals surface area contributed by atoms with Crippen molar-refractivity contribution in [3.05, 3.63) is 41.9 Å². The highest BCUT2D eigenvalue weighted by atomic mass is 35.5. The Bertz CT molecular complexity index is 953. The van der Waals surface area contributed by atoms with Crippen molar-refractivity contribution >= 4 is 22.6 Å². The fourth-order valence-electron chi connectivity index (χ4n) is 2.06. The van der Waals surface area contributed by atoms with Crippen LogP contribution in [0.25, 0.3) is 33.8 Å². The molecule has 106 valence electrons. The highest BCUT2D eigenvalue weighted by Crippen LogP contribution is 2.23. The van der Waals surface area contributed by atoms with E-state index in [1.165, 1.54) is 12.5 Å². The maximum atomic E-state index is 5.88. The molecule has 1 N–H and O–H groups in total. The van der Waals surface area contributed by atoms with E-state index in [1.807, 2.05) is 18.2 Å². The van der Waals surface area contributed by atoms with E-state index in [0.717, 1.165) is 16.8 Å². The highest BCUT2D eigenvalue weighted by Gasteiger charge is 2.09. The van der Waals surface area contributed by atoms with Gasteiger partial charge in [-0.25, -0.2) is 15.0 Å². The lowest BCUT2D eigenvalue weighted by atomic mass is 10.1. The fraction of sp³-hybridized carbons (Fsp3) is 0. The number of tetrazole rings is 1. The van der Waals surface area contributed by atoms with Crippen LogP contribution in [0.1, 0.15) is 0 Å². The lowest BCUT2D eigenvalue weighted by Gasteiger charge is -2.03. The van der Waals surface area contributed by atoms with Gasteiger partial charge in [-0.3, -0.25) is 4.98 Å². The first-order valence-corrected chi connectivity index (χ1v) is 6.66. The van der Waals surface area contributed by atoms with Gasteiger partial charge in [-0.1, -0.05) is 17.7 Å². The fourth-order valence-corrected chi connectivity index (χ4v) is 2.20. The average molecular weight is 311 g/mol. The number of nitrogens with one attached hydrogen (secondary N) is 1. The Morgan fingerprint density at radius 1 is 0.955 bits per heavy atom. The van der Waals surface area contributed by atoms with Gasteiger partial charge < -0.3 is 0 Å². The molecule has 22 heavy (non-hydrogen) atoms. The number of H-pyrrole nitrogens is 1. The molecule has 0 amide bonds. The van der Waals surface area contributed by atoms with Gasteiger partial charge in [-0.15, -0.1) is 10.2 Å². The molecule has 8 nitrogen and oxygen atoms in total. The zero-order chi connectivity index (χ0) is 14.9. The van der Waals surface area contributed by atoms with Gasteiger partial charge >= 0.3 is 0 Å². The Hall–Kier alpha value is -3.00. The SMILES string of the molecule is Clc1cnc2ccc(-c3cc(-c4nn[nH]n4)ncn3)cc2n1. The predicted molar refractivity (Wildman–Crippen MR) is 78.7 cm³/mol. The lowest BCUT2D eigenvalue weighted by Crippen LogP contribution is -1.92. The zero-order valence-electron chi connectivity index (χ0n) is 11.0. The van der Waals surface area contributed by atoms with Crippen LogP contribution in [-0.2, 0) is 0 Å². The lowest BCUT2D eigenvalue weighted by molar-refractivity contribution is 0.881. The van der Waals surface area contributed by atoms with Gasteiger partial charge in [0.2, 0.25) is 5.82 Å². The molecular weight excluding hydrogens is 304 g/mol. The summed E-state index contributed by atoms with van der Waals surface area (Å²) in [7, 11) is 0. The van der Waals surface area contributed by atoms with E-state index in [2.05, 4.69) is 40.6 Å². The van der Waals surface area contributed by atoms with Crippen LogP contribution in [0.3, 0.4) is 0 Å². The molecule has 3 aromatic heterocycles. The number of nitrogens with zero attached hydrogens (tertiary/aromatic N) is 7. The predicted octanol–water partition coefficient (Wildman–Crippen LogP) is 1.92. The largest absolute Gasteiger partial charge is 0.251 e. The number of benzene rings is 1. The molecular formula is C13H7ClN8. The van der Waals surface area contributed by atoms with E-state index in [0.29, 0.717) is 22.2 Å². The van der Waals surface area contributed by atoms with Crippen molar-refractivity contribution in [1.82, 2.24) is 40.6 Å². The summed E-state index contributed by atoms with van der Waals surface area (Å²) in [4.78, 5) is 16.9. The smallest absolute Gasteiger partial charge is 0.223 e. The monoisotopic (exact) mass is 310 g/mol. The Balaban J connectivity index is 1.83. The second-order valence-corrected chi connectivity index (χ2v) is 4.81. The summed E-state index contributed by atoms with van der Waals surface area (Å²) in [5.41, 5.74) is 3.64. The normalized spacial score (nSPS) is 11.0. The van der Waals surface area contributed by atoms with Crippen LogP contribution in [0, 0.1) is 0 Å². The third-order valence-corrected chi connectivity index (χ3v) is 3.23. The average Bonchev–Trinajstić information content (AvgIpc) is 3.09. The molecule has 0 aliphatic heterocycles. The van der Waals surface area contributed by atoms with Crippen LogP contribution in [0.2, 0.25) is 5.15 Å². The Morgan fingerprint density at radius 2 is 1.86 bits per heavy atom. The van der Waals surface area contributed by atoms with E-state index in [-0.39, 0.29) is 0 Å². The number of aromatic amines is 1. The molecule has 0 radical (unpaired) electrons. The van der Waals surface area contributed by atoms with Crippen LogP contribution >= 0.6 is 11.6 Å². The van der Waals surface area contributed by atoms with Crippen molar-refractivity contribution in [2.75, 3.05) is 0 Å². The number of halogens is 1. The minimum atomic E-state index is 0.347. The first-order valence-electron chi connectivity index (χ1n) is 6.28. The van der Waals surface area contributed by atoms with E-state index < -0.39 is 0 Å². The second kappa shape index (κ2) is 5.08. The van der Waals surface area contributed by atoms with Gasteiger partial charge in [0.25, 0.3) is 0 Å². The minimum absolute atomic E-state index is 0.347. The first kappa shape index (κ1) is 12.7. The van der Waals surface area contributed by atoms with Crippen LogP contribution in [-0.4, -0.2) is 40.6 Å². The number of fused-ring (bicyclic) bond motifs is 1. The molecule has 0 aliphatic rings. The van der Waals surface area contributed by atoms with Gasteiger partial charge in [0.05, 0.1) is 22.9 Å². The summed E-state index contributed by atoms with van der Waals surface area (Å²) >= 11 is 5.88. The molecule has 0 saturated carbocycles. The van der Waals surface area contributed by atoms with Crippen LogP contribution < -0.4 is 0 Å². The maximum absolute atomic E-state index is 5.88. The van der Waals surface area contributed by atoms with Gasteiger partial charge in [0, 0.05) is 5.56 Å². The number of rotatable bonds is 2. The van der Waals surface area contributed by atoms with Crippen molar-refractivity contribution < 1.29 is 0 Å². The summed E-state index contributed by atoms with van der Waals surface area (Å²) in [6.45, 7) is 0. The Morgan fingerprint density at radius 3 is 2.73 bits per heavy atom. The molecule has 0 unspecified atom stereocenters. The first-order chi connectivity index (χ1) is 10.8. The summed E-state index contributed by atoms with van der Waals surface area (Å²) in [6.07, 6.45) is 2.97. The molecule has 0 fully saturated rings. The van der Waals surface area contributed by atoms with Gasteiger partial charge in [-0.05, 0) is 23.4 Å². The maximum Gasteiger partial charge on any atom is 0.223 e. The minimum Gasteiger partial charge on any atom is -0.251 e. The van der Waals surface area contributed by atoms with E-state index in [1.54, 1.807) is 6.07 Å². The summed E-state index contributed by atoms with van der Waals surface area (Å²) < 4.78 is 0. The summed E-state index contributed by atoms with van der Waals surface area (Å²) in [5.74, 6) is 0.410. The second-order valence-electron chi connectivity index (χ2n) is 4.42. The molecule has 9 heteroatoms. The molecule has 4 rings (SSSR count). The van der Waals surface area contributed by atoms with Crippen molar-refractivity contribution in [3.8, 4) is 22.8 Å². The van der Waals surface area contributed by atoms with Crippen LogP contribution in [0.15, 0.2) is 36.8 Å². The Labute approximate surface area is 128 Å². The standard InChI is InChI=1S/C13H7ClN8/c14-12-5-15-8-2-1-7(3-10(8)18-12)9-4-11(17-6-16-9)13-19-21-22-20-13/h1-6H,(H,19,20,21,22). The van der Waals surface area contributed by atoms with Crippen molar-refractivity contribution in [3.63, 3.8) is 0 Å². The van der Waals surface area contributed by atoms with Crippen LogP contribution in [0.4, 0.5) is 0 Å². The molecule has 0 saturated heterocycles. The third-order valence-electron chi connectivity index (χ3n) is 3.05. The number of hydrogen-bond donors (Lipinski definition) is 1. The van der Waals surface area contributed by atoms with E-state index >= 15 is 0 Å². The quantitative estimate of drug-likeness (QED) is 0.602. The van der Waals surface area contributed by atoms with Crippen molar-refractivity contribution in [1.29, 1.82) is 0 Å². The van der Waals surface area contributed by atoms with Crippen molar-refractivity contribution in [2.24, 2.45) is 0 Å². The van der Waals surface area contributed by atoms with Crippen LogP contribution in [0.5, 0.6) is 0 Å². The van der Waals surface area contributed by atoms with Gasteiger partial charge in [-0.2, -0.15) is 5.21 Å². The molecule has 0 spiro atoms. The molecule has 4 aromatic rings. The van der Waals surface area contributed by atoms with E-state index in [4.69, 9.17) is 11.6 Å². The topological polar surface area (TPSA) is 106 Å². The third kappa shape index (κ3) is 2.25. The number of hydrogen-bond acceptors (Lipinski definition) is 7. The number of aromatic nitrogens is 8. The molecule has 0 bridgehead atoms. The highest BCUT2D eigenvalue weighted by molar-refractivity contribution is 6.29. The summed E-state index contributed by atoms with van der Waals surface area (Å²) in [5, 5.41) is 14.1. The molecule has 0 aliphatic carbocycles. The summed E-state index contributed by atoms with van der Waals surface area (Å²) in [6, 6.07) is 7.43. The molecule has 3 heterocycles. The van der Waals surface area contributed by atoms with Crippen molar-refractivity contribution in [2.45, 2.75) is 0 Å². The van der Waals surface area contributed by atoms with Gasteiger partial charge in [0.15, 0.2) is 0 Å². The van der Waals surface area contributed by atoms with E-state index in [9.17, 15) is 0 Å². The Kier molecular flexibility index (Phi) is 2.94. The molecule has 0 atom stereocenters. The zero-order valence-corrected chi connectivity index (χ0v) is 11.7.